The van der Waals surface area contributed by atoms with Gasteiger partial charge in [0.2, 0.25) is 0 Å². The Bertz CT molecular complexity index is 1770. The first-order chi connectivity index (χ1) is 20.9. The average molecular weight is 583 g/mol. The zero-order valence-electron chi connectivity index (χ0n) is 23.5. The largest absolute Gasteiger partial charge is 0.476 e. The van der Waals surface area contributed by atoms with E-state index < -0.39 is 23.9 Å². The predicted octanol–water partition coefficient (Wildman–Crippen LogP) is 4.59. The number of furan rings is 1. The van der Waals surface area contributed by atoms with Crippen LogP contribution in [0.5, 0.6) is 0 Å². The van der Waals surface area contributed by atoms with Crippen LogP contribution < -0.4 is 5.32 Å². The molecule has 3 aromatic heterocycles. The highest BCUT2D eigenvalue weighted by molar-refractivity contribution is 5.99. The minimum absolute atomic E-state index is 0.172. The van der Waals surface area contributed by atoms with Gasteiger partial charge in [0.25, 0.3) is 5.91 Å². The van der Waals surface area contributed by atoms with E-state index in [1.165, 1.54) is 37.3 Å². The number of benzene rings is 2. The summed E-state index contributed by atoms with van der Waals surface area (Å²) in [6, 6.07) is 13.7. The highest BCUT2D eigenvalue weighted by Crippen LogP contribution is 2.36. The summed E-state index contributed by atoms with van der Waals surface area (Å²) in [6.45, 7) is 0. The predicted molar refractivity (Wildman–Crippen MR) is 155 cm³/mol. The fraction of sp³-hybridized carbons (Fsp3) is 0.290. The molecule has 3 heterocycles. The number of carbonyl (C=O) groups excluding carboxylic acids is 2. The Balaban J connectivity index is 1.22. The Labute approximate surface area is 246 Å². The van der Waals surface area contributed by atoms with Crippen molar-refractivity contribution in [1.82, 2.24) is 29.9 Å². The smallest absolute Gasteiger partial charge is 0.358 e. The molecule has 1 aliphatic carbocycles. The number of methoxy groups -OCH3 is 1. The first-order valence-electron chi connectivity index (χ1n) is 14.1. The normalized spacial score (nSPS) is 14.4. The van der Waals surface area contributed by atoms with E-state index in [2.05, 4.69) is 20.2 Å². The first kappa shape index (κ1) is 27.9. The molecule has 1 atom stereocenters. The van der Waals surface area contributed by atoms with Crippen molar-refractivity contribution >= 4 is 28.9 Å². The van der Waals surface area contributed by atoms with Crippen LogP contribution in [-0.4, -0.2) is 60.6 Å². The minimum atomic E-state index is -1.17. The summed E-state index contributed by atoms with van der Waals surface area (Å²) in [5.41, 5.74) is 4.09. The van der Waals surface area contributed by atoms with Crippen molar-refractivity contribution < 1.29 is 28.6 Å². The number of hydrogen-bond donors (Lipinski definition) is 2. The van der Waals surface area contributed by atoms with E-state index in [0.29, 0.717) is 22.8 Å². The van der Waals surface area contributed by atoms with E-state index in [4.69, 9.17) is 19.2 Å². The topological polar surface area (TPSA) is 154 Å². The molecule has 0 radical (unpaired) electrons. The molecule has 12 nitrogen and oxygen atoms in total. The summed E-state index contributed by atoms with van der Waals surface area (Å²) in [4.78, 5) is 42.1. The third-order valence-corrected chi connectivity index (χ3v) is 7.82. The molecule has 2 N–H and O–H groups in total. The zero-order valence-corrected chi connectivity index (χ0v) is 23.5. The fourth-order valence-electron chi connectivity index (χ4n) is 5.63. The highest BCUT2D eigenvalue weighted by atomic mass is 16.5. The number of nitrogens with one attached hydrogen (secondary N) is 1. The SMILES string of the molecule is COC(=O)[C@H](Cc1ccc(-n2cc(C(=O)O)nn2)cc1)NC(=O)c1ccc2c(c1)nc(-c1ccoc1)n2C1CCCCC1. The molecular weight excluding hydrogens is 552 g/mol. The number of aromatic carboxylic acids is 1. The molecule has 12 heteroatoms. The number of amides is 1. The van der Waals surface area contributed by atoms with Crippen molar-refractivity contribution in [2.45, 2.75) is 50.6 Å². The van der Waals surface area contributed by atoms with Gasteiger partial charge in [-0.3, -0.25) is 4.79 Å². The Morgan fingerprint density at radius 3 is 2.56 bits per heavy atom. The van der Waals surface area contributed by atoms with Crippen LogP contribution in [0.4, 0.5) is 0 Å². The third-order valence-electron chi connectivity index (χ3n) is 7.82. The van der Waals surface area contributed by atoms with Gasteiger partial charge in [0, 0.05) is 18.0 Å². The van der Waals surface area contributed by atoms with Crippen molar-refractivity contribution in [3.63, 3.8) is 0 Å². The molecule has 5 aromatic rings. The van der Waals surface area contributed by atoms with E-state index in [1.54, 1.807) is 48.9 Å². The summed E-state index contributed by atoms with van der Waals surface area (Å²) in [7, 11) is 1.27. The molecule has 6 rings (SSSR count). The fourth-order valence-corrected chi connectivity index (χ4v) is 5.63. The molecule has 0 aliphatic heterocycles. The Kier molecular flexibility index (Phi) is 7.73. The molecule has 43 heavy (non-hydrogen) atoms. The second-order valence-corrected chi connectivity index (χ2v) is 10.6. The van der Waals surface area contributed by atoms with Gasteiger partial charge in [0.15, 0.2) is 5.69 Å². The number of carboxylic acids is 1. The summed E-state index contributed by atoms with van der Waals surface area (Å²) < 4.78 is 13.9. The second kappa shape index (κ2) is 11.9. The van der Waals surface area contributed by atoms with Gasteiger partial charge in [-0.25, -0.2) is 19.3 Å². The third kappa shape index (κ3) is 5.76. The van der Waals surface area contributed by atoms with Crippen LogP contribution in [0.3, 0.4) is 0 Å². The number of aromatic nitrogens is 5. The van der Waals surface area contributed by atoms with Crippen molar-refractivity contribution in [1.29, 1.82) is 0 Å². The van der Waals surface area contributed by atoms with Gasteiger partial charge in [0.05, 0.1) is 41.9 Å². The van der Waals surface area contributed by atoms with Gasteiger partial charge in [-0.15, -0.1) is 5.10 Å². The number of carbonyl (C=O) groups is 3. The van der Waals surface area contributed by atoms with E-state index in [9.17, 15) is 14.4 Å². The van der Waals surface area contributed by atoms with Gasteiger partial charge in [0.1, 0.15) is 18.1 Å². The Morgan fingerprint density at radius 1 is 1.09 bits per heavy atom. The lowest BCUT2D eigenvalue weighted by molar-refractivity contribution is -0.142. The molecule has 1 aliphatic rings. The minimum Gasteiger partial charge on any atom is -0.476 e. The zero-order chi connectivity index (χ0) is 29.9. The van der Waals surface area contributed by atoms with E-state index in [0.717, 1.165) is 35.3 Å². The van der Waals surface area contributed by atoms with Gasteiger partial charge in [-0.05, 0) is 54.8 Å². The number of carboxylic acid groups (broad SMARTS) is 1. The molecule has 0 unspecified atom stereocenters. The molecule has 1 fully saturated rings. The molecule has 1 amide bonds. The van der Waals surface area contributed by atoms with Crippen LogP contribution >= 0.6 is 0 Å². The quantitative estimate of drug-likeness (QED) is 0.237. The van der Waals surface area contributed by atoms with E-state index in [-0.39, 0.29) is 12.1 Å². The van der Waals surface area contributed by atoms with Crippen molar-refractivity contribution in [3.8, 4) is 17.1 Å². The maximum atomic E-state index is 13.4. The average Bonchev–Trinajstić information content (AvgIpc) is 3.81. The lowest BCUT2D eigenvalue weighted by Crippen LogP contribution is -2.43. The second-order valence-electron chi connectivity index (χ2n) is 10.6. The van der Waals surface area contributed by atoms with Crippen molar-refractivity contribution in [3.05, 3.63) is 84.1 Å². The van der Waals surface area contributed by atoms with Crippen LogP contribution in [0.15, 0.2) is 71.7 Å². The molecule has 2 aromatic carbocycles. The Hall–Kier alpha value is -5.26. The molecule has 0 bridgehead atoms. The lowest BCUT2D eigenvalue weighted by Gasteiger charge is -2.25. The maximum Gasteiger partial charge on any atom is 0.358 e. The van der Waals surface area contributed by atoms with Crippen molar-refractivity contribution in [2.24, 2.45) is 0 Å². The van der Waals surface area contributed by atoms with Crippen LogP contribution in [0.1, 0.15) is 64.6 Å². The first-order valence-corrected chi connectivity index (χ1v) is 14.1. The number of rotatable bonds is 9. The number of esters is 1. The van der Waals surface area contributed by atoms with E-state index in [1.807, 2.05) is 12.1 Å². The summed E-state index contributed by atoms with van der Waals surface area (Å²) in [6.07, 6.45) is 10.5. The lowest BCUT2D eigenvalue weighted by atomic mass is 9.95. The summed E-state index contributed by atoms with van der Waals surface area (Å²) >= 11 is 0. The van der Waals surface area contributed by atoms with Crippen LogP contribution in [0.2, 0.25) is 0 Å². The monoisotopic (exact) mass is 582 g/mol. The number of imidazole rings is 1. The van der Waals surface area contributed by atoms with Crippen LogP contribution in [0, 0.1) is 0 Å². The van der Waals surface area contributed by atoms with Crippen molar-refractivity contribution in [2.75, 3.05) is 7.11 Å². The number of fused-ring (bicyclic) bond motifs is 1. The summed E-state index contributed by atoms with van der Waals surface area (Å²) in [5, 5.41) is 19.3. The van der Waals surface area contributed by atoms with Crippen LogP contribution in [-0.2, 0) is 16.0 Å². The maximum absolute atomic E-state index is 13.4. The Morgan fingerprint density at radius 2 is 1.88 bits per heavy atom. The molecular formula is C31H30N6O6. The van der Waals surface area contributed by atoms with Gasteiger partial charge >= 0.3 is 11.9 Å². The summed E-state index contributed by atoms with van der Waals surface area (Å²) in [5.74, 6) is -1.36. The standard InChI is InChI=1S/C31H30N6O6/c1-42-31(41)25(15-19-7-10-22(11-8-19)36-17-26(30(39)40)34-35-36)33-29(38)20-9-12-27-24(16-20)32-28(21-13-14-43-18-21)37(27)23-5-3-2-4-6-23/h7-14,16-18,23,25H,2-6,15H2,1H3,(H,33,38)(H,39,40)/t25-/m0/s1. The molecule has 0 spiro atoms. The number of nitrogens with zero attached hydrogens (tertiary/aromatic N) is 5. The van der Waals surface area contributed by atoms with Gasteiger partial charge in [-0.1, -0.05) is 36.6 Å². The van der Waals surface area contributed by atoms with Gasteiger partial charge < -0.3 is 24.1 Å². The highest BCUT2D eigenvalue weighted by Gasteiger charge is 2.26. The van der Waals surface area contributed by atoms with E-state index >= 15 is 0 Å². The molecule has 220 valence electrons. The van der Waals surface area contributed by atoms with Gasteiger partial charge in [-0.2, -0.15) is 0 Å². The molecule has 1 saturated carbocycles. The number of ether oxygens (including phenoxy) is 1. The van der Waals surface area contributed by atoms with Crippen LogP contribution in [0.25, 0.3) is 28.1 Å². The number of hydrogen-bond acceptors (Lipinski definition) is 8. The molecule has 0 saturated heterocycles.